The summed E-state index contributed by atoms with van der Waals surface area (Å²) in [5, 5.41) is 0. The van der Waals surface area contributed by atoms with Gasteiger partial charge in [-0.3, -0.25) is 4.31 Å². The van der Waals surface area contributed by atoms with Crippen molar-refractivity contribution in [2.45, 2.75) is 34.4 Å². The van der Waals surface area contributed by atoms with E-state index in [9.17, 15) is 4.79 Å². The van der Waals surface area contributed by atoms with E-state index in [-0.39, 0.29) is 5.60 Å². The molecular formula is C14H15Cl4NO3S. The highest BCUT2D eigenvalue weighted by atomic mass is 35.5. The number of amides is 1. The second-order valence-electron chi connectivity index (χ2n) is 5.60. The molecule has 4 nitrogen and oxygen atoms in total. The Kier molecular flexibility index (Phi) is 5.79. The molecule has 2 rings (SSSR count). The highest BCUT2D eigenvalue weighted by Crippen LogP contribution is 2.45. The number of alkyl halides is 4. The Hall–Kier alpha value is -0.200. The zero-order chi connectivity index (χ0) is 17.4. The predicted molar refractivity (Wildman–Crippen MR) is 96.2 cm³/mol. The quantitative estimate of drug-likeness (QED) is 0.483. The Morgan fingerprint density at radius 2 is 2.09 bits per heavy atom. The van der Waals surface area contributed by atoms with Crippen LogP contribution in [0.25, 0.3) is 0 Å². The molecule has 1 heterocycles. The summed E-state index contributed by atoms with van der Waals surface area (Å²) in [6.45, 7) is 3.94. The second-order valence-corrected chi connectivity index (χ2v) is 9.91. The number of para-hydroxylation sites is 1. The first-order valence-corrected chi connectivity index (χ1v) is 9.03. The van der Waals surface area contributed by atoms with Crippen LogP contribution in [0.1, 0.15) is 19.4 Å². The minimum atomic E-state index is -1.58. The monoisotopic (exact) mass is 417 g/mol. The maximum atomic E-state index is 12.2. The molecule has 0 aromatic heterocycles. The molecule has 0 unspecified atom stereocenters. The summed E-state index contributed by atoms with van der Waals surface area (Å²) >= 11 is 24.0. The minimum absolute atomic E-state index is 0.336. The number of halogens is 4. The van der Waals surface area contributed by atoms with Gasteiger partial charge in [0.15, 0.2) is 16.3 Å². The Labute approximate surface area is 159 Å². The van der Waals surface area contributed by atoms with Crippen LogP contribution in [-0.4, -0.2) is 31.5 Å². The predicted octanol–water partition coefficient (Wildman–Crippen LogP) is 5.41. The topological polar surface area (TPSA) is 38.8 Å². The first-order chi connectivity index (χ1) is 10.5. The number of carbonyl (C=O) groups is 1. The van der Waals surface area contributed by atoms with Crippen molar-refractivity contribution in [2.75, 3.05) is 7.05 Å². The zero-order valence-electron chi connectivity index (χ0n) is 12.6. The fraction of sp³-hybridized carbons (Fsp3) is 0.500. The van der Waals surface area contributed by atoms with Crippen LogP contribution in [0.5, 0.6) is 11.5 Å². The average Bonchev–Trinajstić information content (AvgIpc) is 2.73. The van der Waals surface area contributed by atoms with Gasteiger partial charge in [-0.25, -0.2) is 4.79 Å². The normalized spacial score (nSPS) is 16.0. The van der Waals surface area contributed by atoms with Gasteiger partial charge in [-0.2, -0.15) is 0 Å². The minimum Gasteiger partial charge on any atom is -0.483 e. The van der Waals surface area contributed by atoms with Gasteiger partial charge in [0.05, 0.1) is 0 Å². The van der Waals surface area contributed by atoms with E-state index in [0.29, 0.717) is 11.5 Å². The molecule has 0 atom stereocenters. The van der Waals surface area contributed by atoms with Crippen LogP contribution in [0.15, 0.2) is 18.2 Å². The Bertz CT molecular complexity index is 610. The number of benzene rings is 1. The van der Waals surface area contributed by atoms with E-state index in [4.69, 9.17) is 55.9 Å². The standard InChI is InChI=1S/C14H15Cl4NO3S/c1-13(2)7-8-5-4-6-9(10(8)22-13)21-12(20)19(3)23-14(17,18)11(15)16/h4-6,11H,7H2,1-3H3. The molecule has 9 heteroatoms. The highest BCUT2D eigenvalue weighted by molar-refractivity contribution is 8.01. The van der Waals surface area contributed by atoms with E-state index < -0.39 is 14.6 Å². The summed E-state index contributed by atoms with van der Waals surface area (Å²) < 4.78 is 10.8. The molecule has 1 aromatic rings. The van der Waals surface area contributed by atoms with Gasteiger partial charge < -0.3 is 9.47 Å². The van der Waals surface area contributed by atoms with Crippen molar-refractivity contribution in [3.05, 3.63) is 23.8 Å². The van der Waals surface area contributed by atoms with E-state index in [2.05, 4.69) is 0 Å². The molecule has 23 heavy (non-hydrogen) atoms. The van der Waals surface area contributed by atoms with E-state index in [1.807, 2.05) is 19.9 Å². The summed E-state index contributed by atoms with van der Waals surface area (Å²) in [4.78, 5) is 11.1. The number of fused-ring (bicyclic) bond motifs is 1. The van der Waals surface area contributed by atoms with Crippen molar-refractivity contribution in [1.29, 1.82) is 0 Å². The molecule has 0 fully saturated rings. The second kappa shape index (κ2) is 6.96. The van der Waals surface area contributed by atoms with Gasteiger partial charge in [-0.1, -0.05) is 35.3 Å². The smallest absolute Gasteiger partial charge is 0.425 e. The molecule has 0 spiro atoms. The van der Waals surface area contributed by atoms with Crippen molar-refractivity contribution >= 4 is 64.4 Å². The van der Waals surface area contributed by atoms with Gasteiger partial charge in [0.1, 0.15) is 5.60 Å². The first-order valence-electron chi connectivity index (χ1n) is 6.63. The van der Waals surface area contributed by atoms with Crippen LogP contribution in [-0.2, 0) is 6.42 Å². The third kappa shape index (κ3) is 4.67. The molecule has 0 saturated heterocycles. The van der Waals surface area contributed by atoms with Crippen molar-refractivity contribution in [2.24, 2.45) is 0 Å². The number of carbonyl (C=O) groups excluding carboxylic acids is 1. The van der Waals surface area contributed by atoms with Gasteiger partial charge in [-0.05, 0) is 31.9 Å². The summed E-state index contributed by atoms with van der Waals surface area (Å²) in [6, 6.07) is 5.41. The van der Waals surface area contributed by atoms with Gasteiger partial charge in [0.25, 0.3) is 0 Å². The van der Waals surface area contributed by atoms with Crippen molar-refractivity contribution in [1.82, 2.24) is 4.31 Å². The molecule has 1 amide bonds. The fourth-order valence-electron chi connectivity index (χ4n) is 2.09. The maximum absolute atomic E-state index is 12.2. The lowest BCUT2D eigenvalue weighted by molar-refractivity contribution is 0.132. The number of hydrogen-bond acceptors (Lipinski definition) is 4. The summed E-state index contributed by atoms with van der Waals surface area (Å²) in [5.74, 6) is 0.911. The van der Waals surface area contributed by atoms with E-state index >= 15 is 0 Å². The molecule has 0 radical (unpaired) electrons. The Morgan fingerprint density at radius 3 is 2.70 bits per heavy atom. The van der Waals surface area contributed by atoms with E-state index in [1.165, 1.54) is 7.05 Å². The number of hydrogen-bond donors (Lipinski definition) is 0. The summed E-state index contributed by atoms with van der Waals surface area (Å²) in [7, 11) is 1.45. The third-order valence-electron chi connectivity index (χ3n) is 3.02. The van der Waals surface area contributed by atoms with Gasteiger partial charge in [0.2, 0.25) is 3.67 Å². The first kappa shape index (κ1) is 19.1. The van der Waals surface area contributed by atoms with Gasteiger partial charge in [0, 0.05) is 19.0 Å². The van der Waals surface area contributed by atoms with Crippen LogP contribution < -0.4 is 9.47 Å². The fourth-order valence-corrected chi connectivity index (χ4v) is 3.50. The van der Waals surface area contributed by atoms with Crippen LogP contribution in [0, 0.1) is 0 Å². The van der Waals surface area contributed by atoms with Crippen LogP contribution >= 0.6 is 58.4 Å². The lowest BCUT2D eigenvalue weighted by atomic mass is 10.0. The Balaban J connectivity index is 2.09. The molecule has 0 bridgehead atoms. The number of nitrogens with zero attached hydrogens (tertiary/aromatic N) is 1. The largest absolute Gasteiger partial charge is 0.483 e. The van der Waals surface area contributed by atoms with Crippen molar-refractivity contribution < 1.29 is 14.3 Å². The molecule has 0 aliphatic carbocycles. The Morgan fingerprint density at radius 1 is 1.43 bits per heavy atom. The third-order valence-corrected chi connectivity index (χ3v) is 6.13. The van der Waals surface area contributed by atoms with Crippen LogP contribution in [0.3, 0.4) is 0 Å². The molecule has 1 aliphatic heterocycles. The lowest BCUT2D eigenvalue weighted by Gasteiger charge is -2.25. The molecule has 0 N–H and O–H groups in total. The summed E-state index contributed by atoms with van der Waals surface area (Å²) in [5.41, 5.74) is 0.651. The number of ether oxygens (including phenoxy) is 2. The maximum Gasteiger partial charge on any atom is 0.425 e. The summed E-state index contributed by atoms with van der Waals surface area (Å²) in [6.07, 6.45) is 0.0710. The molecule has 1 aliphatic rings. The molecule has 1 aromatic carbocycles. The highest BCUT2D eigenvalue weighted by Gasteiger charge is 2.37. The number of rotatable bonds is 4. The molecule has 128 valence electrons. The van der Waals surface area contributed by atoms with Crippen LogP contribution in [0.2, 0.25) is 0 Å². The SMILES string of the molecule is CN(SC(Cl)(Cl)C(Cl)Cl)C(=O)Oc1cccc2c1OC(C)(C)C2. The van der Waals surface area contributed by atoms with Gasteiger partial charge >= 0.3 is 6.09 Å². The lowest BCUT2D eigenvalue weighted by Crippen LogP contribution is -2.30. The van der Waals surface area contributed by atoms with Crippen molar-refractivity contribution in [3.63, 3.8) is 0 Å². The molecule has 0 saturated carbocycles. The van der Waals surface area contributed by atoms with Crippen molar-refractivity contribution in [3.8, 4) is 11.5 Å². The zero-order valence-corrected chi connectivity index (χ0v) is 16.4. The average molecular weight is 419 g/mol. The van der Waals surface area contributed by atoms with Crippen LogP contribution in [0.4, 0.5) is 4.79 Å². The van der Waals surface area contributed by atoms with Gasteiger partial charge in [-0.15, -0.1) is 23.2 Å². The van der Waals surface area contributed by atoms with E-state index in [0.717, 1.165) is 28.2 Å². The molecular weight excluding hydrogens is 404 g/mol. The van der Waals surface area contributed by atoms with E-state index in [1.54, 1.807) is 12.1 Å².